The van der Waals surface area contributed by atoms with Crippen LogP contribution in [0.25, 0.3) is 0 Å². The van der Waals surface area contributed by atoms with Crippen LogP contribution in [0.2, 0.25) is 0 Å². The van der Waals surface area contributed by atoms with E-state index in [4.69, 9.17) is 10.2 Å². The molecule has 1 rings (SSSR count). The number of pyridine rings is 1. The molecule has 0 aliphatic carbocycles. The van der Waals surface area contributed by atoms with Crippen LogP contribution in [0, 0.1) is 11.8 Å². The first-order chi connectivity index (χ1) is 7.56. The normalized spacial score (nSPS) is 12.2. The van der Waals surface area contributed by atoms with Gasteiger partial charge in [0.05, 0.1) is 18.3 Å². The van der Waals surface area contributed by atoms with Crippen molar-refractivity contribution in [3.63, 3.8) is 0 Å². The maximum absolute atomic E-state index is 13.0. The number of amides is 1. The van der Waals surface area contributed by atoms with Crippen LogP contribution >= 0.6 is 0 Å². The summed E-state index contributed by atoms with van der Waals surface area (Å²) in [6, 6.07) is 1.01. The minimum Gasteiger partial charge on any atom is -0.394 e. The summed E-state index contributed by atoms with van der Waals surface area (Å²) in [6.07, 6.45) is -0.186. The lowest BCUT2D eigenvalue weighted by Gasteiger charge is -2.09. The van der Waals surface area contributed by atoms with Gasteiger partial charge in [0.2, 0.25) is 5.95 Å². The lowest BCUT2D eigenvalue weighted by molar-refractivity contribution is 0.0798. The summed E-state index contributed by atoms with van der Waals surface area (Å²) in [7, 11) is 0. The highest BCUT2D eigenvalue weighted by atomic mass is 19.2. The fourth-order valence-corrected chi connectivity index (χ4v) is 0.964. The Bertz CT molecular complexity index is 387. The lowest BCUT2D eigenvalue weighted by Crippen LogP contribution is -2.34. The molecule has 0 aliphatic rings. The molecule has 1 amide bonds. The summed E-state index contributed by atoms with van der Waals surface area (Å²) >= 11 is 0. The third kappa shape index (κ3) is 2.94. The second-order valence-electron chi connectivity index (χ2n) is 3.01. The van der Waals surface area contributed by atoms with Crippen molar-refractivity contribution in [2.45, 2.75) is 6.10 Å². The molecule has 0 saturated carbocycles. The molecule has 88 valence electrons. The molecule has 0 radical (unpaired) electrons. The highest BCUT2D eigenvalue weighted by molar-refractivity contribution is 5.94. The first-order valence-electron chi connectivity index (χ1n) is 4.43. The van der Waals surface area contributed by atoms with Crippen molar-refractivity contribution >= 4 is 5.91 Å². The van der Waals surface area contributed by atoms with Gasteiger partial charge in [-0.25, -0.2) is 9.37 Å². The number of nitrogens with zero attached hydrogens (tertiary/aromatic N) is 1. The third-order valence-corrected chi connectivity index (χ3v) is 1.80. The number of aromatic nitrogens is 1. The van der Waals surface area contributed by atoms with Gasteiger partial charge in [-0.1, -0.05) is 0 Å². The molecule has 7 heteroatoms. The predicted molar refractivity (Wildman–Crippen MR) is 49.6 cm³/mol. The van der Waals surface area contributed by atoms with E-state index in [0.717, 1.165) is 12.3 Å². The molecule has 5 nitrogen and oxygen atoms in total. The second-order valence-corrected chi connectivity index (χ2v) is 3.01. The summed E-state index contributed by atoms with van der Waals surface area (Å²) < 4.78 is 25.7. The average Bonchev–Trinajstić information content (AvgIpc) is 2.29. The van der Waals surface area contributed by atoms with E-state index >= 15 is 0 Å². The number of halogens is 2. The summed E-state index contributed by atoms with van der Waals surface area (Å²) in [6.45, 7) is -0.786. The van der Waals surface area contributed by atoms with Gasteiger partial charge in [-0.05, 0) is 6.07 Å². The van der Waals surface area contributed by atoms with Crippen LogP contribution in [-0.4, -0.2) is 40.4 Å². The van der Waals surface area contributed by atoms with Crippen LogP contribution in [0.3, 0.4) is 0 Å². The van der Waals surface area contributed by atoms with Crippen molar-refractivity contribution in [1.29, 1.82) is 0 Å². The number of hydrogen-bond donors (Lipinski definition) is 3. The zero-order valence-corrected chi connectivity index (χ0v) is 8.15. The molecular weight excluding hydrogens is 222 g/mol. The van der Waals surface area contributed by atoms with Crippen LogP contribution in [-0.2, 0) is 0 Å². The quantitative estimate of drug-likeness (QED) is 0.608. The van der Waals surface area contributed by atoms with Gasteiger partial charge < -0.3 is 15.5 Å². The molecule has 0 saturated heterocycles. The van der Waals surface area contributed by atoms with Crippen molar-refractivity contribution in [1.82, 2.24) is 10.3 Å². The van der Waals surface area contributed by atoms with Crippen LogP contribution in [0.15, 0.2) is 12.3 Å². The van der Waals surface area contributed by atoms with E-state index < -0.39 is 35.9 Å². The monoisotopic (exact) mass is 232 g/mol. The molecule has 1 heterocycles. The maximum atomic E-state index is 13.0. The number of aliphatic hydroxyl groups is 2. The number of rotatable bonds is 4. The van der Waals surface area contributed by atoms with Gasteiger partial charge in [-0.2, -0.15) is 4.39 Å². The summed E-state index contributed by atoms with van der Waals surface area (Å²) in [5.41, 5.74) is -0.502. The lowest BCUT2D eigenvalue weighted by atomic mass is 10.2. The smallest absolute Gasteiger partial charge is 0.254 e. The van der Waals surface area contributed by atoms with E-state index in [0.29, 0.717) is 0 Å². The second kappa shape index (κ2) is 5.47. The minimum atomic E-state index is -1.37. The van der Waals surface area contributed by atoms with E-state index in [9.17, 15) is 13.6 Å². The number of carbonyl (C=O) groups excluding carboxylic acids is 1. The first kappa shape index (κ1) is 12.5. The van der Waals surface area contributed by atoms with Crippen LogP contribution in [0.1, 0.15) is 10.4 Å². The predicted octanol–water partition coefficient (Wildman–Crippen LogP) is -0.557. The molecule has 16 heavy (non-hydrogen) atoms. The van der Waals surface area contributed by atoms with E-state index in [-0.39, 0.29) is 6.54 Å². The molecule has 0 aromatic carbocycles. The Balaban J connectivity index is 2.70. The van der Waals surface area contributed by atoms with Gasteiger partial charge >= 0.3 is 0 Å². The Morgan fingerprint density at radius 2 is 2.25 bits per heavy atom. The zero-order valence-electron chi connectivity index (χ0n) is 8.15. The van der Waals surface area contributed by atoms with Gasteiger partial charge in [-0.3, -0.25) is 4.79 Å². The van der Waals surface area contributed by atoms with Gasteiger partial charge in [-0.15, -0.1) is 0 Å². The first-order valence-corrected chi connectivity index (χ1v) is 4.43. The Kier molecular flexibility index (Phi) is 4.27. The van der Waals surface area contributed by atoms with Crippen LogP contribution in [0.5, 0.6) is 0 Å². The molecular formula is C9H10F2N2O3. The van der Waals surface area contributed by atoms with Crippen molar-refractivity contribution in [2.75, 3.05) is 13.2 Å². The molecule has 1 atom stereocenters. The molecule has 1 aromatic heterocycles. The Morgan fingerprint density at radius 3 is 2.88 bits per heavy atom. The highest BCUT2D eigenvalue weighted by Crippen LogP contribution is 2.08. The number of aliphatic hydroxyl groups excluding tert-OH is 2. The van der Waals surface area contributed by atoms with Crippen LogP contribution < -0.4 is 5.32 Å². The van der Waals surface area contributed by atoms with Crippen molar-refractivity contribution in [3.8, 4) is 0 Å². The number of carbonyl (C=O) groups is 1. The fourth-order valence-electron chi connectivity index (χ4n) is 0.964. The average molecular weight is 232 g/mol. The van der Waals surface area contributed by atoms with E-state index in [2.05, 4.69) is 10.3 Å². The standard InChI is InChI=1S/C9H10F2N2O3/c10-7-6(1-2-12-8(7)11)9(16)13-3-5(15)4-14/h1-2,5,14-15H,3-4H2,(H,13,16). The number of hydrogen-bond acceptors (Lipinski definition) is 4. The minimum absolute atomic E-state index is 0.251. The highest BCUT2D eigenvalue weighted by Gasteiger charge is 2.16. The van der Waals surface area contributed by atoms with Gasteiger partial charge in [0.15, 0.2) is 5.82 Å². The van der Waals surface area contributed by atoms with Gasteiger partial charge in [0.25, 0.3) is 5.91 Å². The number of nitrogens with one attached hydrogen (secondary N) is 1. The van der Waals surface area contributed by atoms with Gasteiger partial charge in [0, 0.05) is 12.7 Å². The Morgan fingerprint density at radius 1 is 1.56 bits per heavy atom. The topological polar surface area (TPSA) is 82.5 Å². The van der Waals surface area contributed by atoms with E-state index in [1.54, 1.807) is 0 Å². The molecule has 0 aliphatic heterocycles. The van der Waals surface area contributed by atoms with Crippen LogP contribution in [0.4, 0.5) is 8.78 Å². The third-order valence-electron chi connectivity index (χ3n) is 1.80. The molecule has 0 spiro atoms. The SMILES string of the molecule is O=C(NCC(O)CO)c1ccnc(F)c1F. The summed E-state index contributed by atoms with van der Waals surface area (Å²) in [4.78, 5) is 14.3. The summed E-state index contributed by atoms with van der Waals surface area (Å²) in [5.74, 6) is -3.60. The van der Waals surface area contributed by atoms with Crippen molar-refractivity contribution in [3.05, 3.63) is 29.6 Å². The largest absolute Gasteiger partial charge is 0.394 e. The van der Waals surface area contributed by atoms with Gasteiger partial charge in [0.1, 0.15) is 0 Å². The fraction of sp³-hybridized carbons (Fsp3) is 0.333. The van der Waals surface area contributed by atoms with E-state index in [1.807, 2.05) is 0 Å². The molecule has 1 aromatic rings. The molecule has 3 N–H and O–H groups in total. The molecule has 0 fully saturated rings. The van der Waals surface area contributed by atoms with Crippen molar-refractivity contribution < 1.29 is 23.8 Å². The maximum Gasteiger partial charge on any atom is 0.254 e. The molecule has 1 unspecified atom stereocenters. The van der Waals surface area contributed by atoms with E-state index in [1.165, 1.54) is 0 Å². The Hall–Kier alpha value is -1.60. The summed E-state index contributed by atoms with van der Waals surface area (Å²) in [5, 5.41) is 19.5. The zero-order chi connectivity index (χ0) is 12.1. The molecule has 0 bridgehead atoms. The Labute approximate surface area is 89.7 Å². The van der Waals surface area contributed by atoms with Crippen molar-refractivity contribution in [2.24, 2.45) is 0 Å².